The molecule has 3 aromatic rings. The van der Waals surface area contributed by atoms with E-state index >= 15 is 0 Å². The van der Waals surface area contributed by atoms with Crippen molar-refractivity contribution < 1.29 is 4.79 Å². The normalized spacial score (nSPS) is 10.4. The highest BCUT2D eigenvalue weighted by Crippen LogP contribution is 2.24. The molecule has 0 radical (unpaired) electrons. The number of anilines is 1. The maximum atomic E-state index is 12.2. The van der Waals surface area contributed by atoms with Gasteiger partial charge in [0.2, 0.25) is 0 Å². The topological polar surface area (TPSA) is 58.1 Å². The Balaban J connectivity index is 1.63. The number of nitrogens with zero attached hydrogens (tertiary/aromatic N) is 3. The van der Waals surface area contributed by atoms with Gasteiger partial charge >= 0.3 is 6.03 Å². The lowest BCUT2D eigenvalue weighted by Gasteiger charge is -2.16. The molecule has 0 aliphatic rings. The van der Waals surface area contributed by atoms with Gasteiger partial charge in [-0.25, -0.2) is 9.78 Å². The van der Waals surface area contributed by atoms with Gasteiger partial charge in [0.1, 0.15) is 10.8 Å². The first-order chi connectivity index (χ1) is 10.7. The van der Waals surface area contributed by atoms with Crippen molar-refractivity contribution in [3.8, 4) is 10.7 Å². The first-order valence-corrected chi connectivity index (χ1v) is 8.45. The van der Waals surface area contributed by atoms with Crippen molar-refractivity contribution in [2.75, 3.05) is 12.4 Å². The largest absolute Gasteiger partial charge is 0.323 e. The summed E-state index contributed by atoms with van der Waals surface area (Å²) in [5, 5.41) is 9.45. The van der Waals surface area contributed by atoms with E-state index in [-0.39, 0.29) is 6.03 Å². The van der Waals surface area contributed by atoms with Gasteiger partial charge in [-0.2, -0.15) is 11.3 Å². The summed E-state index contributed by atoms with van der Waals surface area (Å²) in [5.41, 5.74) is 1.93. The van der Waals surface area contributed by atoms with Crippen LogP contribution in [-0.2, 0) is 6.54 Å². The number of nitrogens with one attached hydrogen (secondary N) is 1. The Morgan fingerprint density at radius 3 is 2.95 bits per heavy atom. The monoisotopic (exact) mass is 330 g/mol. The highest BCUT2D eigenvalue weighted by molar-refractivity contribution is 7.13. The van der Waals surface area contributed by atoms with Crippen molar-refractivity contribution >= 4 is 34.5 Å². The molecule has 0 unspecified atom stereocenters. The van der Waals surface area contributed by atoms with E-state index in [0.29, 0.717) is 12.4 Å². The lowest BCUT2D eigenvalue weighted by molar-refractivity contribution is 0.220. The first-order valence-electron chi connectivity index (χ1n) is 6.62. The van der Waals surface area contributed by atoms with Crippen molar-refractivity contribution in [1.29, 1.82) is 0 Å². The molecular weight excluding hydrogens is 316 g/mol. The number of amides is 2. The van der Waals surface area contributed by atoms with Crippen LogP contribution in [0.15, 0.2) is 46.6 Å². The van der Waals surface area contributed by atoms with Crippen LogP contribution >= 0.6 is 22.7 Å². The summed E-state index contributed by atoms with van der Waals surface area (Å²) in [6.07, 6.45) is 1.73. The molecule has 112 valence electrons. The zero-order valence-corrected chi connectivity index (χ0v) is 13.5. The Morgan fingerprint density at radius 1 is 1.32 bits per heavy atom. The number of pyridine rings is 1. The van der Waals surface area contributed by atoms with E-state index in [1.54, 1.807) is 29.5 Å². The van der Waals surface area contributed by atoms with Gasteiger partial charge < -0.3 is 4.90 Å². The van der Waals surface area contributed by atoms with E-state index in [2.05, 4.69) is 15.3 Å². The average Bonchev–Trinajstić information content (AvgIpc) is 3.20. The number of hydrogen-bond acceptors (Lipinski definition) is 5. The fourth-order valence-corrected chi connectivity index (χ4v) is 3.26. The Bertz CT molecular complexity index is 740. The van der Waals surface area contributed by atoms with E-state index in [0.717, 1.165) is 16.3 Å². The Morgan fingerprint density at radius 2 is 2.23 bits per heavy atom. The van der Waals surface area contributed by atoms with Crippen LogP contribution in [0.3, 0.4) is 0 Å². The lowest BCUT2D eigenvalue weighted by Crippen LogP contribution is -2.30. The molecule has 0 saturated heterocycles. The van der Waals surface area contributed by atoms with Crippen molar-refractivity contribution in [2.24, 2.45) is 0 Å². The van der Waals surface area contributed by atoms with Gasteiger partial charge in [-0.05, 0) is 34.5 Å². The second-order valence-electron chi connectivity index (χ2n) is 4.67. The summed E-state index contributed by atoms with van der Waals surface area (Å²) in [4.78, 5) is 22.4. The van der Waals surface area contributed by atoms with Gasteiger partial charge in [0.25, 0.3) is 0 Å². The zero-order chi connectivity index (χ0) is 15.4. The summed E-state index contributed by atoms with van der Waals surface area (Å²) in [5.74, 6) is 0.549. The lowest BCUT2D eigenvalue weighted by atomic mass is 10.3. The predicted molar refractivity (Wildman–Crippen MR) is 90.1 cm³/mol. The molecule has 2 amide bonds. The maximum Gasteiger partial charge on any atom is 0.323 e. The van der Waals surface area contributed by atoms with E-state index in [1.165, 1.54) is 11.3 Å². The number of carbonyl (C=O) groups excluding carboxylic acids is 1. The average molecular weight is 330 g/mol. The predicted octanol–water partition coefficient (Wildman–Crippen LogP) is 3.93. The van der Waals surface area contributed by atoms with Crippen LogP contribution in [0.25, 0.3) is 10.7 Å². The fraction of sp³-hybridized carbons (Fsp3) is 0.133. The number of aromatic nitrogens is 2. The second kappa shape index (κ2) is 6.67. The standard InChI is InChI=1S/C15H14N4OS2/c1-19(8-11-5-7-21-9-11)15(20)18-13-10-22-14(17-13)12-4-2-3-6-16-12/h2-7,9-10H,8H2,1H3,(H,18,20). The first kappa shape index (κ1) is 14.7. The molecule has 1 N–H and O–H groups in total. The third-order valence-electron chi connectivity index (χ3n) is 2.97. The molecule has 0 aromatic carbocycles. The summed E-state index contributed by atoms with van der Waals surface area (Å²) < 4.78 is 0. The highest BCUT2D eigenvalue weighted by Gasteiger charge is 2.12. The molecule has 3 aromatic heterocycles. The van der Waals surface area contributed by atoms with Crippen LogP contribution < -0.4 is 5.32 Å². The van der Waals surface area contributed by atoms with Crippen LogP contribution in [0.4, 0.5) is 10.6 Å². The number of thiophene rings is 1. The molecule has 0 saturated carbocycles. The maximum absolute atomic E-state index is 12.2. The Labute approximate surface area is 136 Å². The van der Waals surface area contributed by atoms with Gasteiger partial charge in [0, 0.05) is 25.2 Å². The van der Waals surface area contributed by atoms with Gasteiger partial charge in [-0.1, -0.05) is 6.07 Å². The summed E-state index contributed by atoms with van der Waals surface area (Å²) in [6, 6.07) is 7.50. The molecule has 5 nitrogen and oxygen atoms in total. The highest BCUT2D eigenvalue weighted by atomic mass is 32.1. The van der Waals surface area contributed by atoms with Gasteiger partial charge in [-0.15, -0.1) is 11.3 Å². The fourth-order valence-electron chi connectivity index (χ4n) is 1.87. The van der Waals surface area contributed by atoms with E-state index < -0.39 is 0 Å². The molecule has 0 spiro atoms. The number of hydrogen-bond donors (Lipinski definition) is 1. The summed E-state index contributed by atoms with van der Waals surface area (Å²) in [6.45, 7) is 0.576. The molecule has 7 heteroatoms. The van der Waals surface area contributed by atoms with E-state index in [1.807, 2.05) is 40.4 Å². The summed E-state index contributed by atoms with van der Waals surface area (Å²) >= 11 is 3.08. The minimum atomic E-state index is -0.177. The minimum Gasteiger partial charge on any atom is -0.323 e. The molecule has 3 heterocycles. The van der Waals surface area contributed by atoms with Gasteiger partial charge in [-0.3, -0.25) is 10.3 Å². The van der Waals surface area contributed by atoms with Gasteiger partial charge in [0.05, 0.1) is 5.69 Å². The van der Waals surface area contributed by atoms with Crippen LogP contribution in [0, 0.1) is 0 Å². The van der Waals surface area contributed by atoms with Crippen molar-refractivity contribution in [2.45, 2.75) is 6.54 Å². The Kier molecular flexibility index (Phi) is 4.45. The third-order valence-corrected chi connectivity index (χ3v) is 4.57. The van der Waals surface area contributed by atoms with Crippen molar-refractivity contribution in [3.05, 3.63) is 52.2 Å². The van der Waals surface area contributed by atoms with Crippen LogP contribution in [-0.4, -0.2) is 27.9 Å². The molecular formula is C15H14N4OS2. The number of urea groups is 1. The summed E-state index contributed by atoms with van der Waals surface area (Å²) in [7, 11) is 1.76. The molecule has 22 heavy (non-hydrogen) atoms. The van der Waals surface area contributed by atoms with Crippen LogP contribution in [0.2, 0.25) is 0 Å². The number of rotatable bonds is 4. The molecule has 0 aliphatic heterocycles. The molecule has 0 bridgehead atoms. The van der Waals surface area contributed by atoms with Crippen molar-refractivity contribution in [3.63, 3.8) is 0 Å². The molecule has 0 fully saturated rings. The SMILES string of the molecule is CN(Cc1ccsc1)C(=O)Nc1csc(-c2ccccn2)n1. The van der Waals surface area contributed by atoms with Crippen molar-refractivity contribution in [1.82, 2.24) is 14.9 Å². The quantitative estimate of drug-likeness (QED) is 0.788. The van der Waals surface area contributed by atoms with E-state index in [4.69, 9.17) is 0 Å². The second-order valence-corrected chi connectivity index (χ2v) is 6.31. The molecule has 3 rings (SSSR count). The minimum absolute atomic E-state index is 0.177. The van der Waals surface area contributed by atoms with Crippen LogP contribution in [0.1, 0.15) is 5.56 Å². The van der Waals surface area contributed by atoms with Gasteiger partial charge in [0.15, 0.2) is 0 Å². The molecule has 0 aliphatic carbocycles. The number of carbonyl (C=O) groups is 1. The van der Waals surface area contributed by atoms with Crippen LogP contribution in [0.5, 0.6) is 0 Å². The zero-order valence-electron chi connectivity index (χ0n) is 11.9. The number of thiazole rings is 1. The Hall–Kier alpha value is -2.25. The molecule has 0 atom stereocenters. The van der Waals surface area contributed by atoms with E-state index in [9.17, 15) is 4.79 Å². The third kappa shape index (κ3) is 3.49. The smallest absolute Gasteiger partial charge is 0.323 e.